The normalized spacial score (nSPS) is 10.6. The maximum atomic E-state index is 11.7. The third kappa shape index (κ3) is 9.88. The minimum atomic E-state index is -0.215. The zero-order valence-electron chi connectivity index (χ0n) is 13.9. The SMILES string of the molecule is CCCCCCCCCCSCCOC(=O)c1ccccc1. The highest BCUT2D eigenvalue weighted by molar-refractivity contribution is 7.99. The minimum Gasteiger partial charge on any atom is -0.461 e. The van der Waals surface area contributed by atoms with Gasteiger partial charge in [-0.15, -0.1) is 0 Å². The van der Waals surface area contributed by atoms with Gasteiger partial charge in [0, 0.05) is 5.75 Å². The molecule has 0 amide bonds. The zero-order valence-corrected chi connectivity index (χ0v) is 14.7. The number of hydrogen-bond donors (Lipinski definition) is 0. The van der Waals surface area contributed by atoms with Crippen LogP contribution in [0.25, 0.3) is 0 Å². The molecule has 22 heavy (non-hydrogen) atoms. The van der Waals surface area contributed by atoms with E-state index in [1.54, 1.807) is 12.1 Å². The van der Waals surface area contributed by atoms with E-state index in [2.05, 4.69) is 6.92 Å². The first-order valence-corrected chi connectivity index (χ1v) is 9.80. The van der Waals surface area contributed by atoms with Gasteiger partial charge in [-0.1, -0.05) is 70.1 Å². The quantitative estimate of drug-likeness (QED) is 0.343. The van der Waals surface area contributed by atoms with Crippen LogP contribution >= 0.6 is 11.8 Å². The molecule has 0 aliphatic heterocycles. The fourth-order valence-electron chi connectivity index (χ4n) is 2.29. The van der Waals surface area contributed by atoms with Gasteiger partial charge in [-0.25, -0.2) is 4.79 Å². The van der Waals surface area contributed by atoms with Crippen LogP contribution in [0, 0.1) is 0 Å². The Labute approximate surface area is 140 Å². The Morgan fingerprint density at radius 2 is 1.55 bits per heavy atom. The van der Waals surface area contributed by atoms with E-state index in [0.717, 1.165) is 5.75 Å². The van der Waals surface area contributed by atoms with Gasteiger partial charge < -0.3 is 4.74 Å². The minimum absolute atomic E-state index is 0.215. The molecule has 0 radical (unpaired) electrons. The number of ether oxygens (including phenoxy) is 1. The molecule has 0 aromatic heterocycles. The second-order valence-corrected chi connectivity index (χ2v) is 6.81. The Balaban J connectivity index is 1.85. The van der Waals surface area contributed by atoms with E-state index < -0.39 is 0 Å². The van der Waals surface area contributed by atoms with Crippen molar-refractivity contribution in [2.45, 2.75) is 58.3 Å². The maximum absolute atomic E-state index is 11.7. The monoisotopic (exact) mass is 322 g/mol. The van der Waals surface area contributed by atoms with Crippen molar-refractivity contribution >= 4 is 17.7 Å². The Kier molecular flexibility index (Phi) is 11.9. The first-order valence-electron chi connectivity index (χ1n) is 8.64. The summed E-state index contributed by atoms with van der Waals surface area (Å²) in [6.07, 6.45) is 10.9. The summed E-state index contributed by atoms with van der Waals surface area (Å²) in [7, 11) is 0. The molecule has 0 spiro atoms. The van der Waals surface area contributed by atoms with Crippen LogP contribution in [0.3, 0.4) is 0 Å². The van der Waals surface area contributed by atoms with E-state index >= 15 is 0 Å². The third-order valence-corrected chi connectivity index (χ3v) is 4.65. The van der Waals surface area contributed by atoms with E-state index in [1.807, 2.05) is 30.0 Å². The highest BCUT2D eigenvalue weighted by Gasteiger charge is 2.04. The molecule has 1 aromatic rings. The van der Waals surface area contributed by atoms with Gasteiger partial charge in [0.1, 0.15) is 6.61 Å². The van der Waals surface area contributed by atoms with Crippen molar-refractivity contribution in [1.82, 2.24) is 0 Å². The van der Waals surface area contributed by atoms with E-state index in [9.17, 15) is 4.79 Å². The van der Waals surface area contributed by atoms with Gasteiger partial charge in [-0.05, 0) is 24.3 Å². The van der Waals surface area contributed by atoms with Gasteiger partial charge in [0.25, 0.3) is 0 Å². The van der Waals surface area contributed by atoms with Crippen LogP contribution in [0.4, 0.5) is 0 Å². The van der Waals surface area contributed by atoms with Crippen molar-refractivity contribution in [3.63, 3.8) is 0 Å². The Bertz CT molecular complexity index is 378. The van der Waals surface area contributed by atoms with Gasteiger partial charge in [0.2, 0.25) is 0 Å². The van der Waals surface area contributed by atoms with Gasteiger partial charge in [0.05, 0.1) is 5.56 Å². The smallest absolute Gasteiger partial charge is 0.338 e. The standard InChI is InChI=1S/C19H30O2S/c1-2-3-4-5-6-7-8-12-16-22-17-15-21-19(20)18-13-10-9-11-14-18/h9-11,13-14H,2-8,12,15-17H2,1H3. The lowest BCUT2D eigenvalue weighted by molar-refractivity contribution is 0.0530. The molecular formula is C19H30O2S. The summed E-state index contributed by atoms with van der Waals surface area (Å²) in [6, 6.07) is 9.18. The Morgan fingerprint density at radius 3 is 2.23 bits per heavy atom. The average molecular weight is 323 g/mol. The molecule has 0 saturated carbocycles. The highest BCUT2D eigenvalue weighted by Crippen LogP contribution is 2.11. The summed E-state index contributed by atoms with van der Waals surface area (Å²) in [5.41, 5.74) is 0.635. The van der Waals surface area contributed by atoms with Gasteiger partial charge in [0.15, 0.2) is 0 Å². The van der Waals surface area contributed by atoms with E-state index in [4.69, 9.17) is 4.74 Å². The molecule has 1 rings (SSSR count). The fraction of sp³-hybridized carbons (Fsp3) is 0.632. The first kappa shape index (κ1) is 19.1. The lowest BCUT2D eigenvalue weighted by Crippen LogP contribution is -2.07. The van der Waals surface area contributed by atoms with Gasteiger partial charge in [-0.3, -0.25) is 0 Å². The maximum Gasteiger partial charge on any atom is 0.338 e. The van der Waals surface area contributed by atoms with Crippen LogP contribution in [0.15, 0.2) is 30.3 Å². The number of unbranched alkanes of at least 4 members (excludes halogenated alkanes) is 7. The van der Waals surface area contributed by atoms with Crippen LogP contribution in [-0.2, 0) is 4.74 Å². The summed E-state index contributed by atoms with van der Waals surface area (Å²) in [6.45, 7) is 2.77. The Hall–Kier alpha value is -0.960. The number of esters is 1. The average Bonchev–Trinajstić information content (AvgIpc) is 2.56. The van der Waals surface area contributed by atoms with Crippen LogP contribution in [-0.4, -0.2) is 24.1 Å². The highest BCUT2D eigenvalue weighted by atomic mass is 32.2. The molecule has 0 bridgehead atoms. The van der Waals surface area contributed by atoms with Crippen LogP contribution in [0.1, 0.15) is 68.6 Å². The van der Waals surface area contributed by atoms with Crippen molar-refractivity contribution in [1.29, 1.82) is 0 Å². The molecule has 0 saturated heterocycles. The summed E-state index contributed by atoms with van der Waals surface area (Å²) >= 11 is 1.89. The lowest BCUT2D eigenvalue weighted by atomic mass is 10.1. The summed E-state index contributed by atoms with van der Waals surface area (Å²) in [5.74, 6) is 1.86. The second kappa shape index (κ2) is 13.7. The molecule has 0 N–H and O–H groups in total. The molecule has 124 valence electrons. The fourth-order valence-corrected chi connectivity index (χ4v) is 3.10. The number of thioether (sulfide) groups is 1. The number of hydrogen-bond acceptors (Lipinski definition) is 3. The van der Waals surface area contributed by atoms with Crippen molar-refractivity contribution in [2.24, 2.45) is 0 Å². The third-order valence-electron chi connectivity index (χ3n) is 3.61. The van der Waals surface area contributed by atoms with Gasteiger partial charge in [-0.2, -0.15) is 11.8 Å². The Morgan fingerprint density at radius 1 is 0.909 bits per heavy atom. The molecule has 2 nitrogen and oxygen atoms in total. The summed E-state index contributed by atoms with van der Waals surface area (Å²) in [5, 5.41) is 0. The number of rotatable bonds is 13. The van der Waals surface area contributed by atoms with E-state index in [0.29, 0.717) is 12.2 Å². The number of carbonyl (C=O) groups is 1. The van der Waals surface area contributed by atoms with Crippen molar-refractivity contribution in [2.75, 3.05) is 18.1 Å². The second-order valence-electron chi connectivity index (χ2n) is 5.59. The van der Waals surface area contributed by atoms with E-state index in [1.165, 1.54) is 57.1 Å². The molecule has 0 fully saturated rings. The van der Waals surface area contributed by atoms with Crippen molar-refractivity contribution in [3.05, 3.63) is 35.9 Å². The zero-order chi connectivity index (χ0) is 15.9. The largest absolute Gasteiger partial charge is 0.461 e. The molecule has 3 heteroatoms. The van der Waals surface area contributed by atoms with Crippen molar-refractivity contribution < 1.29 is 9.53 Å². The van der Waals surface area contributed by atoms with Crippen molar-refractivity contribution in [3.8, 4) is 0 Å². The summed E-state index contributed by atoms with van der Waals surface area (Å²) < 4.78 is 5.25. The predicted molar refractivity (Wildman–Crippen MR) is 96.7 cm³/mol. The molecule has 0 heterocycles. The van der Waals surface area contributed by atoms with Gasteiger partial charge >= 0.3 is 5.97 Å². The topological polar surface area (TPSA) is 26.3 Å². The summed E-state index contributed by atoms with van der Waals surface area (Å²) in [4.78, 5) is 11.7. The molecule has 0 aliphatic carbocycles. The predicted octanol–water partition coefficient (Wildman–Crippen LogP) is 5.72. The molecule has 0 unspecified atom stereocenters. The van der Waals surface area contributed by atoms with Crippen LogP contribution in [0.5, 0.6) is 0 Å². The molecule has 0 atom stereocenters. The number of carbonyl (C=O) groups excluding carboxylic acids is 1. The first-order chi connectivity index (χ1) is 10.8. The van der Waals surface area contributed by atoms with Crippen LogP contribution < -0.4 is 0 Å². The van der Waals surface area contributed by atoms with E-state index in [-0.39, 0.29) is 5.97 Å². The molecule has 1 aromatic carbocycles. The molecule has 0 aliphatic rings. The van der Waals surface area contributed by atoms with Crippen LogP contribution in [0.2, 0.25) is 0 Å². The lowest BCUT2D eigenvalue weighted by Gasteiger charge is -2.05. The molecular weight excluding hydrogens is 292 g/mol. The number of benzene rings is 1.